The minimum atomic E-state index is -0.549. The third-order valence-electron chi connectivity index (χ3n) is 6.04. The Hall–Kier alpha value is -3.87. The van der Waals surface area contributed by atoms with Crippen LogP contribution in [0.25, 0.3) is 33.1 Å². The average Bonchev–Trinajstić information content (AvgIpc) is 2.84. The third-order valence-corrected chi connectivity index (χ3v) is 6.41. The van der Waals surface area contributed by atoms with E-state index in [1.807, 2.05) is 48.5 Å². The fraction of sp³-hybridized carbons (Fsp3) is 0.111. The molecule has 0 unspecified atom stereocenters. The minimum absolute atomic E-state index is 0.307. The number of rotatable bonds is 3. The van der Waals surface area contributed by atoms with E-state index in [9.17, 15) is 9.59 Å². The normalized spacial score (nSPS) is 13.7. The second kappa shape index (κ2) is 8.17. The van der Waals surface area contributed by atoms with Crippen molar-refractivity contribution in [3.05, 3.63) is 110 Å². The van der Waals surface area contributed by atoms with E-state index in [0.717, 1.165) is 16.5 Å². The van der Waals surface area contributed by atoms with Gasteiger partial charge in [-0.2, -0.15) is 0 Å². The number of halogens is 1. The summed E-state index contributed by atoms with van der Waals surface area (Å²) in [5, 5.41) is 2.10. The molecule has 6 nitrogen and oxygen atoms in total. The minimum Gasteiger partial charge on any atom is -0.478 e. The highest BCUT2D eigenvalue weighted by molar-refractivity contribution is 6.31. The first kappa shape index (κ1) is 20.7. The molecule has 0 fully saturated rings. The van der Waals surface area contributed by atoms with Crippen LogP contribution in [0.4, 0.5) is 0 Å². The standard InChI is InChI=1S/C27H18ClNO5/c28-22-7-3-1-6-17(22)13-29-14-21-24(32-15-29)10-9-18-19(12-25(30)34-26(18)21)20-11-16-5-2-4-8-23(16)33-27(20)31/h1-12H,13-15H2. The lowest BCUT2D eigenvalue weighted by Gasteiger charge is -2.29. The highest BCUT2D eigenvalue weighted by Gasteiger charge is 2.24. The fourth-order valence-corrected chi connectivity index (χ4v) is 4.62. The Morgan fingerprint density at radius 1 is 0.882 bits per heavy atom. The molecule has 6 rings (SSSR count). The molecule has 7 heteroatoms. The summed E-state index contributed by atoms with van der Waals surface area (Å²) in [6, 6.07) is 21.7. The zero-order valence-corrected chi connectivity index (χ0v) is 18.7. The van der Waals surface area contributed by atoms with Gasteiger partial charge in [-0.25, -0.2) is 9.59 Å². The Morgan fingerprint density at radius 3 is 2.59 bits per heavy atom. The lowest BCUT2D eigenvalue weighted by atomic mass is 9.99. The molecule has 0 N–H and O–H groups in total. The summed E-state index contributed by atoms with van der Waals surface area (Å²) in [4.78, 5) is 27.5. The number of hydrogen-bond donors (Lipinski definition) is 0. The second-order valence-electron chi connectivity index (χ2n) is 8.24. The summed E-state index contributed by atoms with van der Waals surface area (Å²) < 4.78 is 17.1. The van der Waals surface area contributed by atoms with Gasteiger partial charge in [0.15, 0.2) is 0 Å². The van der Waals surface area contributed by atoms with Gasteiger partial charge >= 0.3 is 11.3 Å². The lowest BCUT2D eigenvalue weighted by molar-refractivity contribution is 0.0890. The monoisotopic (exact) mass is 471 g/mol. The molecule has 1 aliphatic heterocycles. The van der Waals surface area contributed by atoms with E-state index < -0.39 is 11.3 Å². The van der Waals surface area contributed by atoms with E-state index in [4.69, 9.17) is 25.2 Å². The smallest absolute Gasteiger partial charge is 0.344 e. The van der Waals surface area contributed by atoms with E-state index in [2.05, 4.69) is 4.90 Å². The van der Waals surface area contributed by atoms with Crippen molar-refractivity contribution in [3.8, 4) is 16.9 Å². The predicted octanol–water partition coefficient (Wildman–Crippen LogP) is 5.57. The van der Waals surface area contributed by atoms with Gasteiger partial charge in [-0.05, 0) is 35.9 Å². The third kappa shape index (κ3) is 3.57. The van der Waals surface area contributed by atoms with Crippen LogP contribution in [0.15, 0.2) is 91.2 Å². The van der Waals surface area contributed by atoms with Gasteiger partial charge in [0.2, 0.25) is 0 Å². The molecule has 0 aliphatic carbocycles. The molecule has 0 bridgehead atoms. The topological polar surface area (TPSA) is 72.9 Å². The Kier molecular flexibility index (Phi) is 4.98. The number of nitrogens with zero attached hydrogens (tertiary/aromatic N) is 1. The van der Waals surface area contributed by atoms with Gasteiger partial charge in [0.25, 0.3) is 0 Å². The maximum atomic E-state index is 12.8. The zero-order valence-electron chi connectivity index (χ0n) is 17.9. The van der Waals surface area contributed by atoms with E-state index >= 15 is 0 Å². The fourth-order valence-electron chi connectivity index (χ4n) is 4.42. The number of ether oxygens (including phenoxy) is 1. The first-order chi connectivity index (χ1) is 16.6. The summed E-state index contributed by atoms with van der Waals surface area (Å²) in [5.74, 6) is 0.647. The van der Waals surface area contributed by atoms with Crippen LogP contribution in [0.2, 0.25) is 5.02 Å². The molecule has 2 aromatic heterocycles. The molecular weight excluding hydrogens is 454 g/mol. The van der Waals surface area contributed by atoms with Gasteiger partial charge in [-0.3, -0.25) is 4.90 Å². The summed E-state index contributed by atoms with van der Waals surface area (Å²) in [6.07, 6.45) is 0. The maximum absolute atomic E-state index is 12.8. The second-order valence-corrected chi connectivity index (χ2v) is 8.64. The molecule has 0 spiro atoms. The summed E-state index contributed by atoms with van der Waals surface area (Å²) >= 11 is 6.34. The van der Waals surface area contributed by atoms with Crippen molar-refractivity contribution in [2.45, 2.75) is 13.1 Å². The van der Waals surface area contributed by atoms with Gasteiger partial charge in [-0.15, -0.1) is 0 Å². The molecular formula is C27H18ClNO5. The maximum Gasteiger partial charge on any atom is 0.344 e. The summed E-state index contributed by atoms with van der Waals surface area (Å²) in [7, 11) is 0. The Balaban J connectivity index is 1.48. The Morgan fingerprint density at radius 2 is 1.71 bits per heavy atom. The SMILES string of the molecule is O=c1cc(-c2cc3ccccc3oc2=O)c2ccc3c(c2o1)CN(Cc1ccccc1Cl)CO3. The largest absolute Gasteiger partial charge is 0.478 e. The van der Waals surface area contributed by atoms with Crippen molar-refractivity contribution in [2.75, 3.05) is 6.73 Å². The van der Waals surface area contributed by atoms with Crippen LogP contribution in [-0.4, -0.2) is 11.6 Å². The zero-order chi connectivity index (χ0) is 23.2. The molecule has 0 saturated carbocycles. The molecule has 5 aromatic rings. The molecule has 3 heterocycles. The first-order valence-corrected chi connectivity index (χ1v) is 11.2. The van der Waals surface area contributed by atoms with Crippen molar-refractivity contribution in [3.63, 3.8) is 0 Å². The van der Waals surface area contributed by atoms with Gasteiger partial charge in [-0.1, -0.05) is 48.0 Å². The summed E-state index contributed by atoms with van der Waals surface area (Å²) in [5.41, 5.74) is 2.33. The van der Waals surface area contributed by atoms with Crippen LogP contribution >= 0.6 is 11.6 Å². The molecule has 0 amide bonds. The van der Waals surface area contributed by atoms with E-state index in [1.54, 1.807) is 18.2 Å². The number of para-hydroxylation sites is 1. The average molecular weight is 472 g/mol. The number of benzene rings is 3. The molecule has 34 heavy (non-hydrogen) atoms. The van der Waals surface area contributed by atoms with Gasteiger partial charge < -0.3 is 13.6 Å². The van der Waals surface area contributed by atoms with Gasteiger partial charge in [0, 0.05) is 40.5 Å². The van der Waals surface area contributed by atoms with Gasteiger partial charge in [0.05, 0.1) is 11.1 Å². The van der Waals surface area contributed by atoms with Crippen molar-refractivity contribution in [1.29, 1.82) is 0 Å². The van der Waals surface area contributed by atoms with Crippen LogP contribution in [0.1, 0.15) is 11.1 Å². The number of hydrogen-bond acceptors (Lipinski definition) is 6. The lowest BCUT2D eigenvalue weighted by Crippen LogP contribution is -2.31. The quantitative estimate of drug-likeness (QED) is 0.320. The van der Waals surface area contributed by atoms with Gasteiger partial charge in [0.1, 0.15) is 23.6 Å². The van der Waals surface area contributed by atoms with Crippen LogP contribution in [-0.2, 0) is 13.1 Å². The molecule has 1 aliphatic rings. The molecule has 168 valence electrons. The van der Waals surface area contributed by atoms with Crippen LogP contribution in [0.5, 0.6) is 5.75 Å². The molecule has 3 aromatic carbocycles. The van der Waals surface area contributed by atoms with Crippen LogP contribution < -0.4 is 16.0 Å². The Bertz CT molecular complexity index is 1690. The van der Waals surface area contributed by atoms with Crippen LogP contribution in [0, 0.1) is 0 Å². The molecule has 0 radical (unpaired) electrons. The number of fused-ring (bicyclic) bond motifs is 4. The Labute approximate surface area is 198 Å². The first-order valence-electron chi connectivity index (χ1n) is 10.8. The predicted molar refractivity (Wildman–Crippen MR) is 130 cm³/mol. The van der Waals surface area contributed by atoms with E-state index in [-0.39, 0.29) is 0 Å². The summed E-state index contributed by atoms with van der Waals surface area (Å²) in [6.45, 7) is 1.45. The van der Waals surface area contributed by atoms with E-state index in [1.165, 1.54) is 6.07 Å². The highest BCUT2D eigenvalue weighted by Crippen LogP contribution is 2.36. The molecule has 0 saturated heterocycles. The van der Waals surface area contributed by atoms with E-state index in [0.29, 0.717) is 58.3 Å². The highest BCUT2D eigenvalue weighted by atomic mass is 35.5. The van der Waals surface area contributed by atoms with Crippen LogP contribution in [0.3, 0.4) is 0 Å². The van der Waals surface area contributed by atoms with Crippen molar-refractivity contribution < 1.29 is 13.6 Å². The van der Waals surface area contributed by atoms with Crippen molar-refractivity contribution in [1.82, 2.24) is 4.90 Å². The van der Waals surface area contributed by atoms with Crippen molar-refractivity contribution >= 4 is 33.5 Å². The van der Waals surface area contributed by atoms with Crippen molar-refractivity contribution in [2.24, 2.45) is 0 Å². The molecule has 0 atom stereocenters.